The molecule has 0 bridgehead atoms. The third-order valence-electron chi connectivity index (χ3n) is 4.54. The van der Waals surface area contributed by atoms with Gasteiger partial charge >= 0.3 is 0 Å². The molecule has 0 atom stereocenters. The van der Waals surface area contributed by atoms with Gasteiger partial charge in [-0.05, 0) is 38.1 Å². The quantitative estimate of drug-likeness (QED) is 0.730. The van der Waals surface area contributed by atoms with Crippen LogP contribution >= 0.6 is 0 Å². The maximum Gasteiger partial charge on any atom is 0.257 e. The molecule has 3 aromatic rings. The van der Waals surface area contributed by atoms with Crippen LogP contribution < -0.4 is 0 Å². The highest BCUT2D eigenvalue weighted by Crippen LogP contribution is 2.26. The summed E-state index contributed by atoms with van der Waals surface area (Å²) in [7, 11) is 0. The van der Waals surface area contributed by atoms with Gasteiger partial charge in [0.05, 0.1) is 28.7 Å². The number of carbonyl (C=O) groups excluding carboxylic acids is 1. The summed E-state index contributed by atoms with van der Waals surface area (Å²) in [6, 6.07) is 6.22. The average molecular weight is 340 g/mol. The first-order chi connectivity index (χ1) is 12.0. The van der Waals surface area contributed by atoms with E-state index >= 15 is 0 Å². The van der Waals surface area contributed by atoms with Crippen LogP contribution in [0.2, 0.25) is 0 Å². The molecule has 7 nitrogen and oxygen atoms in total. The first-order valence-corrected chi connectivity index (χ1v) is 8.00. The Kier molecular flexibility index (Phi) is 3.60. The number of nitrogens with zero attached hydrogens (tertiary/aromatic N) is 6. The number of carbonyl (C=O) groups is 1. The molecule has 2 aromatic heterocycles. The van der Waals surface area contributed by atoms with Gasteiger partial charge in [0.2, 0.25) is 0 Å². The maximum atomic E-state index is 13.1. The number of hydrogen-bond acceptors (Lipinski definition) is 4. The number of benzene rings is 1. The molecule has 1 aromatic carbocycles. The van der Waals surface area contributed by atoms with Crippen LogP contribution in [0.4, 0.5) is 4.39 Å². The predicted molar refractivity (Wildman–Crippen MR) is 88.0 cm³/mol. The number of amides is 1. The van der Waals surface area contributed by atoms with Gasteiger partial charge in [-0.15, -0.1) is 0 Å². The van der Waals surface area contributed by atoms with Crippen molar-refractivity contribution in [3.63, 3.8) is 0 Å². The highest BCUT2D eigenvalue weighted by atomic mass is 19.1. The summed E-state index contributed by atoms with van der Waals surface area (Å²) in [4.78, 5) is 18.6. The Morgan fingerprint density at radius 2 is 1.92 bits per heavy atom. The van der Waals surface area contributed by atoms with E-state index in [0.717, 1.165) is 11.4 Å². The topological polar surface area (TPSA) is 68.8 Å². The van der Waals surface area contributed by atoms with E-state index < -0.39 is 0 Å². The van der Waals surface area contributed by atoms with E-state index in [2.05, 4.69) is 15.2 Å². The first kappa shape index (κ1) is 15.5. The Labute approximate surface area is 143 Å². The second kappa shape index (κ2) is 5.80. The van der Waals surface area contributed by atoms with Gasteiger partial charge in [-0.1, -0.05) is 0 Å². The molecule has 3 heterocycles. The van der Waals surface area contributed by atoms with Crippen LogP contribution in [-0.4, -0.2) is 48.4 Å². The van der Waals surface area contributed by atoms with Gasteiger partial charge in [-0.2, -0.15) is 10.2 Å². The fraction of sp³-hybridized carbons (Fsp3) is 0.294. The van der Waals surface area contributed by atoms with Crippen LogP contribution in [0.5, 0.6) is 0 Å². The molecule has 128 valence electrons. The van der Waals surface area contributed by atoms with E-state index in [4.69, 9.17) is 0 Å². The fourth-order valence-electron chi connectivity index (χ4n) is 3.14. The highest BCUT2D eigenvalue weighted by molar-refractivity contribution is 5.97. The van der Waals surface area contributed by atoms with Gasteiger partial charge in [0.15, 0.2) is 0 Å². The van der Waals surface area contributed by atoms with Crippen molar-refractivity contribution in [1.29, 1.82) is 0 Å². The lowest BCUT2D eigenvalue weighted by Crippen LogP contribution is -2.51. The van der Waals surface area contributed by atoms with Gasteiger partial charge in [0.25, 0.3) is 5.91 Å². The summed E-state index contributed by atoms with van der Waals surface area (Å²) in [6.07, 6.45) is 3.15. The van der Waals surface area contributed by atoms with Crippen LogP contribution in [0.1, 0.15) is 27.8 Å². The van der Waals surface area contributed by atoms with E-state index in [9.17, 15) is 9.18 Å². The summed E-state index contributed by atoms with van der Waals surface area (Å²) in [5, 5.41) is 8.57. The Morgan fingerprint density at radius 1 is 1.20 bits per heavy atom. The van der Waals surface area contributed by atoms with E-state index in [0.29, 0.717) is 24.3 Å². The molecule has 1 aliphatic heterocycles. The molecule has 0 N–H and O–H groups in total. The Morgan fingerprint density at radius 3 is 2.56 bits per heavy atom. The molecule has 4 rings (SSSR count). The summed E-state index contributed by atoms with van der Waals surface area (Å²) < 4.78 is 16.6. The monoisotopic (exact) mass is 340 g/mol. The molecule has 0 radical (unpaired) electrons. The van der Waals surface area contributed by atoms with Crippen molar-refractivity contribution in [3.05, 3.63) is 59.7 Å². The van der Waals surface area contributed by atoms with E-state index in [-0.39, 0.29) is 17.8 Å². The molecule has 8 heteroatoms. The molecule has 0 aliphatic carbocycles. The van der Waals surface area contributed by atoms with Crippen LogP contribution in [-0.2, 0) is 0 Å². The van der Waals surface area contributed by atoms with Crippen molar-refractivity contribution in [2.75, 3.05) is 13.1 Å². The lowest BCUT2D eigenvalue weighted by molar-refractivity contribution is 0.0499. The van der Waals surface area contributed by atoms with Crippen molar-refractivity contribution in [1.82, 2.24) is 29.4 Å². The zero-order valence-electron chi connectivity index (χ0n) is 13.9. The van der Waals surface area contributed by atoms with Crippen LogP contribution in [0.15, 0.2) is 36.9 Å². The first-order valence-electron chi connectivity index (χ1n) is 8.00. The predicted octanol–water partition coefficient (Wildman–Crippen LogP) is 1.92. The lowest BCUT2D eigenvalue weighted by atomic mass is 10.1. The third kappa shape index (κ3) is 2.59. The molecule has 0 spiro atoms. The third-order valence-corrected chi connectivity index (χ3v) is 4.54. The normalized spacial score (nSPS) is 14.6. The number of rotatable bonds is 3. The number of likely N-dealkylation sites (tertiary alicyclic amines) is 1. The minimum atomic E-state index is -0.304. The largest absolute Gasteiger partial charge is 0.334 e. The second-order valence-corrected chi connectivity index (χ2v) is 6.17. The SMILES string of the molecule is Cc1nn(-c2ccc(F)cc2)c(C)c1C(=O)N1CC(n2cncn2)C1. The summed E-state index contributed by atoms with van der Waals surface area (Å²) in [5.41, 5.74) is 2.74. The summed E-state index contributed by atoms with van der Waals surface area (Å²) in [6.45, 7) is 4.87. The standard InChI is InChI=1S/C17H17FN6O/c1-11-16(12(2)24(21-11)14-5-3-13(18)4-6-14)17(25)22-7-15(8-22)23-10-19-9-20-23/h3-6,9-10,15H,7-8H2,1-2H3. The maximum absolute atomic E-state index is 13.1. The van der Waals surface area contributed by atoms with Crippen LogP contribution in [0, 0.1) is 19.7 Å². The van der Waals surface area contributed by atoms with Gasteiger partial charge in [0, 0.05) is 13.1 Å². The minimum absolute atomic E-state index is 0.0419. The summed E-state index contributed by atoms with van der Waals surface area (Å²) in [5.74, 6) is -0.346. The molecule has 1 amide bonds. The molecule has 0 unspecified atom stereocenters. The number of hydrogen-bond donors (Lipinski definition) is 0. The molecular formula is C17H17FN6O. The Bertz CT molecular complexity index is 910. The average Bonchev–Trinajstić information content (AvgIpc) is 3.15. The van der Waals surface area contributed by atoms with Crippen molar-refractivity contribution in [2.45, 2.75) is 19.9 Å². The second-order valence-electron chi connectivity index (χ2n) is 6.17. The molecular weight excluding hydrogens is 323 g/mol. The zero-order chi connectivity index (χ0) is 17.6. The fourth-order valence-corrected chi connectivity index (χ4v) is 3.14. The van der Waals surface area contributed by atoms with Crippen molar-refractivity contribution in [3.8, 4) is 5.69 Å². The lowest BCUT2D eigenvalue weighted by Gasteiger charge is -2.38. The van der Waals surface area contributed by atoms with Gasteiger partial charge in [-0.25, -0.2) is 18.7 Å². The summed E-state index contributed by atoms with van der Waals surface area (Å²) >= 11 is 0. The van der Waals surface area contributed by atoms with Gasteiger partial charge < -0.3 is 4.90 Å². The van der Waals surface area contributed by atoms with Crippen molar-refractivity contribution >= 4 is 5.91 Å². The highest BCUT2D eigenvalue weighted by Gasteiger charge is 2.35. The van der Waals surface area contributed by atoms with Crippen LogP contribution in [0.3, 0.4) is 0 Å². The van der Waals surface area contributed by atoms with Crippen molar-refractivity contribution in [2.24, 2.45) is 0 Å². The van der Waals surface area contributed by atoms with Crippen LogP contribution in [0.25, 0.3) is 5.69 Å². The minimum Gasteiger partial charge on any atom is -0.334 e. The van der Waals surface area contributed by atoms with E-state index in [1.807, 2.05) is 13.8 Å². The number of aryl methyl sites for hydroxylation is 1. The van der Waals surface area contributed by atoms with Gasteiger partial charge in [-0.3, -0.25) is 4.79 Å². The molecule has 1 aliphatic rings. The Hall–Kier alpha value is -3.03. The van der Waals surface area contributed by atoms with Crippen molar-refractivity contribution < 1.29 is 9.18 Å². The molecule has 0 saturated carbocycles. The molecule has 25 heavy (non-hydrogen) atoms. The number of aromatic nitrogens is 5. The molecule has 1 fully saturated rings. The van der Waals surface area contributed by atoms with E-state index in [1.54, 1.807) is 32.7 Å². The van der Waals surface area contributed by atoms with E-state index in [1.165, 1.54) is 18.5 Å². The zero-order valence-corrected chi connectivity index (χ0v) is 13.9. The smallest absolute Gasteiger partial charge is 0.257 e. The Balaban J connectivity index is 1.57. The molecule has 1 saturated heterocycles. The van der Waals surface area contributed by atoms with Gasteiger partial charge in [0.1, 0.15) is 18.5 Å². The number of halogens is 1.